The Morgan fingerprint density at radius 3 is 2.40 bits per heavy atom. The molecule has 2 N–H and O–H groups in total. The van der Waals surface area contributed by atoms with Gasteiger partial charge in [0.15, 0.2) is 0 Å². The molecule has 2 heterocycles. The summed E-state index contributed by atoms with van der Waals surface area (Å²) in [5.74, 6) is -1.71. The van der Waals surface area contributed by atoms with Gasteiger partial charge in [0.2, 0.25) is 5.91 Å². The third-order valence-corrected chi connectivity index (χ3v) is 7.13. The number of carbonyl (C=O) groups excluding carboxylic acids is 2. The number of alkyl carbamates (subject to hydrolysis) is 1. The van der Waals surface area contributed by atoms with Gasteiger partial charge in [-0.15, -0.1) is 0 Å². The van der Waals surface area contributed by atoms with Gasteiger partial charge >= 0.3 is 12.1 Å². The maximum absolute atomic E-state index is 13.4. The molecule has 2 aromatic carbocycles. The summed E-state index contributed by atoms with van der Waals surface area (Å²) in [7, 11) is 1.42. The molecule has 1 aliphatic carbocycles. The van der Waals surface area contributed by atoms with Crippen LogP contribution in [0, 0.1) is 0 Å². The Kier molecular flexibility index (Phi) is 6.44. The average molecular weight is 481 g/mol. The van der Waals surface area contributed by atoms with Gasteiger partial charge < -0.3 is 29.5 Å². The first-order valence-corrected chi connectivity index (χ1v) is 11.8. The van der Waals surface area contributed by atoms with Crippen molar-refractivity contribution in [2.75, 3.05) is 26.9 Å². The van der Waals surface area contributed by atoms with Crippen LogP contribution in [0.25, 0.3) is 11.1 Å². The molecule has 2 saturated heterocycles. The molecule has 2 fully saturated rings. The smallest absolute Gasteiger partial charge is 0.407 e. The second-order valence-corrected chi connectivity index (χ2v) is 9.08. The Labute approximate surface area is 203 Å². The van der Waals surface area contributed by atoms with Gasteiger partial charge in [-0.05, 0) is 28.7 Å². The molecule has 3 unspecified atom stereocenters. The number of carboxylic acid groups (broad SMARTS) is 1. The molecule has 9 nitrogen and oxygen atoms in total. The molecule has 0 saturated carbocycles. The van der Waals surface area contributed by atoms with E-state index in [2.05, 4.69) is 17.4 Å². The molecule has 35 heavy (non-hydrogen) atoms. The molecule has 3 aliphatic rings. The SMILES string of the molecule is COC[C@H](NC(=O)OCC1c2ccccc2-c2ccccc21)C(=O)N1C(C(=O)O)CC2OCCC21. The summed E-state index contributed by atoms with van der Waals surface area (Å²) in [5, 5.41) is 12.2. The van der Waals surface area contributed by atoms with E-state index >= 15 is 0 Å². The van der Waals surface area contributed by atoms with Crippen LogP contribution in [0.4, 0.5) is 4.79 Å². The fraction of sp³-hybridized carbons (Fsp3) is 0.423. The minimum atomic E-state index is -1.09. The summed E-state index contributed by atoms with van der Waals surface area (Å²) >= 11 is 0. The summed E-state index contributed by atoms with van der Waals surface area (Å²) in [4.78, 5) is 39.3. The van der Waals surface area contributed by atoms with Gasteiger partial charge in [-0.1, -0.05) is 48.5 Å². The zero-order valence-electron chi connectivity index (χ0n) is 19.4. The molecule has 184 valence electrons. The standard InChI is InChI=1S/C26H28N2O7/c1-33-14-20(24(29)28-21-10-11-34-23(21)12-22(28)25(30)31)27-26(32)35-13-19-17-8-4-2-6-15(17)16-7-3-5-9-18(16)19/h2-9,19-23H,10-14H2,1H3,(H,27,32)(H,30,31)/t20-,21?,22?,23?/m0/s1. The second-order valence-electron chi connectivity index (χ2n) is 9.08. The molecule has 2 aliphatic heterocycles. The highest BCUT2D eigenvalue weighted by molar-refractivity contribution is 5.90. The summed E-state index contributed by atoms with van der Waals surface area (Å²) in [6.45, 7) is 0.470. The van der Waals surface area contributed by atoms with Crippen LogP contribution in [0.5, 0.6) is 0 Å². The summed E-state index contributed by atoms with van der Waals surface area (Å²) in [6.07, 6.45) is -0.272. The Bertz CT molecular complexity index is 1090. The van der Waals surface area contributed by atoms with Gasteiger partial charge in [0.25, 0.3) is 0 Å². The molecule has 0 aromatic heterocycles. The number of rotatable bonds is 7. The van der Waals surface area contributed by atoms with Crippen molar-refractivity contribution in [2.24, 2.45) is 0 Å². The molecular formula is C26H28N2O7. The molecule has 4 atom stereocenters. The predicted molar refractivity (Wildman–Crippen MR) is 125 cm³/mol. The first kappa shape index (κ1) is 23.3. The van der Waals surface area contributed by atoms with E-state index in [-0.39, 0.29) is 37.7 Å². The number of aliphatic carboxylic acids is 1. The quantitative estimate of drug-likeness (QED) is 0.625. The number of hydrogen-bond acceptors (Lipinski definition) is 6. The van der Waals surface area contributed by atoms with Crippen molar-refractivity contribution in [3.8, 4) is 11.1 Å². The fourth-order valence-corrected chi connectivity index (χ4v) is 5.59. The Balaban J connectivity index is 1.28. The highest BCUT2D eigenvalue weighted by Gasteiger charge is 2.51. The molecule has 0 radical (unpaired) electrons. The lowest BCUT2D eigenvalue weighted by Gasteiger charge is -2.30. The third-order valence-electron chi connectivity index (χ3n) is 7.13. The van der Waals surface area contributed by atoms with Crippen LogP contribution in [0.1, 0.15) is 29.9 Å². The van der Waals surface area contributed by atoms with Crippen LogP contribution >= 0.6 is 0 Å². The fourth-order valence-electron chi connectivity index (χ4n) is 5.59. The topological polar surface area (TPSA) is 114 Å². The first-order valence-electron chi connectivity index (χ1n) is 11.8. The van der Waals surface area contributed by atoms with Gasteiger partial charge in [0.05, 0.1) is 18.8 Å². The lowest BCUT2D eigenvalue weighted by molar-refractivity contribution is -0.151. The van der Waals surface area contributed by atoms with E-state index in [4.69, 9.17) is 14.2 Å². The average Bonchev–Trinajstić information content (AvgIpc) is 3.54. The van der Waals surface area contributed by atoms with Gasteiger partial charge in [-0.2, -0.15) is 0 Å². The number of hydrogen-bond donors (Lipinski definition) is 2. The van der Waals surface area contributed by atoms with Gasteiger partial charge in [0.1, 0.15) is 18.7 Å². The normalized spacial score (nSPS) is 23.3. The summed E-state index contributed by atoms with van der Waals surface area (Å²) in [6, 6.07) is 13.6. The molecule has 0 bridgehead atoms. The van der Waals surface area contributed by atoms with Crippen LogP contribution < -0.4 is 5.32 Å². The summed E-state index contributed by atoms with van der Waals surface area (Å²) in [5.41, 5.74) is 4.40. The zero-order chi connectivity index (χ0) is 24.5. The van der Waals surface area contributed by atoms with Crippen molar-refractivity contribution < 1.29 is 33.7 Å². The predicted octanol–water partition coefficient (Wildman–Crippen LogP) is 2.38. The number of methoxy groups -OCH3 is 1. The minimum Gasteiger partial charge on any atom is -0.480 e. The summed E-state index contributed by atoms with van der Waals surface area (Å²) < 4.78 is 16.4. The van der Waals surface area contributed by atoms with Crippen LogP contribution in [0.15, 0.2) is 48.5 Å². The molecular weight excluding hydrogens is 452 g/mol. The second kappa shape index (κ2) is 9.67. The van der Waals surface area contributed by atoms with Crippen LogP contribution in [0.2, 0.25) is 0 Å². The molecule has 9 heteroatoms. The number of benzene rings is 2. The Morgan fingerprint density at radius 1 is 1.11 bits per heavy atom. The Morgan fingerprint density at radius 2 is 1.77 bits per heavy atom. The van der Waals surface area contributed by atoms with E-state index in [1.807, 2.05) is 36.4 Å². The number of amides is 2. The van der Waals surface area contributed by atoms with Crippen molar-refractivity contribution in [1.82, 2.24) is 10.2 Å². The number of ether oxygens (including phenoxy) is 3. The van der Waals surface area contributed by atoms with E-state index < -0.39 is 30.1 Å². The molecule has 5 rings (SSSR count). The van der Waals surface area contributed by atoms with Crippen LogP contribution in [-0.4, -0.2) is 79.1 Å². The number of nitrogens with one attached hydrogen (secondary N) is 1. The van der Waals surface area contributed by atoms with E-state index in [9.17, 15) is 19.5 Å². The monoisotopic (exact) mass is 480 g/mol. The van der Waals surface area contributed by atoms with Crippen molar-refractivity contribution >= 4 is 18.0 Å². The van der Waals surface area contributed by atoms with Crippen molar-refractivity contribution in [3.05, 3.63) is 59.7 Å². The van der Waals surface area contributed by atoms with Crippen molar-refractivity contribution in [2.45, 2.75) is 43.0 Å². The third kappa shape index (κ3) is 4.26. The molecule has 0 spiro atoms. The number of nitrogens with zero attached hydrogens (tertiary/aromatic N) is 1. The highest BCUT2D eigenvalue weighted by Crippen LogP contribution is 2.44. The zero-order valence-corrected chi connectivity index (χ0v) is 19.4. The number of fused-ring (bicyclic) bond motifs is 4. The van der Waals surface area contributed by atoms with Gasteiger partial charge in [-0.25, -0.2) is 9.59 Å². The molecule has 2 amide bonds. The maximum atomic E-state index is 13.4. The Hall–Kier alpha value is -3.43. The van der Waals surface area contributed by atoms with Crippen LogP contribution in [0.3, 0.4) is 0 Å². The molecule has 2 aromatic rings. The van der Waals surface area contributed by atoms with E-state index in [1.165, 1.54) is 12.0 Å². The number of carboxylic acids is 1. The van der Waals surface area contributed by atoms with Gasteiger partial charge in [0, 0.05) is 26.1 Å². The lowest BCUT2D eigenvalue weighted by atomic mass is 9.98. The van der Waals surface area contributed by atoms with E-state index in [1.54, 1.807) is 0 Å². The van der Waals surface area contributed by atoms with Crippen molar-refractivity contribution in [3.63, 3.8) is 0 Å². The lowest BCUT2D eigenvalue weighted by Crippen LogP contribution is -2.56. The van der Waals surface area contributed by atoms with Crippen molar-refractivity contribution in [1.29, 1.82) is 0 Å². The van der Waals surface area contributed by atoms with E-state index in [0.29, 0.717) is 13.0 Å². The van der Waals surface area contributed by atoms with E-state index in [0.717, 1.165) is 22.3 Å². The largest absolute Gasteiger partial charge is 0.480 e. The minimum absolute atomic E-state index is 0.105. The number of likely N-dealkylation sites (tertiary alicyclic amines) is 1. The first-order chi connectivity index (χ1) is 17.0. The van der Waals surface area contributed by atoms with Gasteiger partial charge in [-0.3, -0.25) is 4.79 Å². The maximum Gasteiger partial charge on any atom is 0.407 e. The highest BCUT2D eigenvalue weighted by atomic mass is 16.5. The van der Waals surface area contributed by atoms with Crippen LogP contribution in [-0.2, 0) is 23.8 Å². The number of carbonyl (C=O) groups is 3.